The van der Waals surface area contributed by atoms with E-state index in [1.54, 1.807) is 0 Å². The molecule has 1 heterocycles. The van der Waals surface area contributed by atoms with Gasteiger partial charge in [0.2, 0.25) is 5.91 Å². The van der Waals surface area contributed by atoms with Crippen molar-refractivity contribution in [3.05, 3.63) is 11.1 Å². The lowest BCUT2D eigenvalue weighted by Crippen LogP contribution is -2.34. The fraction of sp³-hybridized carbons (Fsp3) is 0.714. The number of carbonyl (C=O) groups excluding carboxylic acids is 1. The van der Waals surface area contributed by atoms with Gasteiger partial charge in [-0.2, -0.15) is 0 Å². The first-order chi connectivity index (χ1) is 8.86. The molecule has 1 saturated carbocycles. The Labute approximate surface area is 118 Å². The van der Waals surface area contributed by atoms with Crippen LogP contribution >= 0.6 is 11.3 Å². The molecule has 1 aromatic rings. The molecule has 4 nitrogen and oxygen atoms in total. The highest BCUT2D eigenvalue weighted by Crippen LogP contribution is 2.28. The molecule has 3 N–H and O–H groups in total. The van der Waals surface area contributed by atoms with E-state index in [0.29, 0.717) is 5.13 Å². The number of hydrogen-bond acceptors (Lipinski definition) is 4. The minimum absolute atomic E-state index is 0.0205. The fourth-order valence-electron chi connectivity index (χ4n) is 2.35. The fourth-order valence-corrected chi connectivity index (χ4v) is 3.29. The van der Waals surface area contributed by atoms with Gasteiger partial charge in [-0.3, -0.25) is 4.79 Å². The van der Waals surface area contributed by atoms with Crippen LogP contribution in [0.2, 0.25) is 0 Å². The lowest BCUT2D eigenvalue weighted by molar-refractivity contribution is -0.120. The van der Waals surface area contributed by atoms with Crippen molar-refractivity contribution < 1.29 is 4.79 Å². The largest absolute Gasteiger partial charge is 0.328 e. The van der Waals surface area contributed by atoms with Crippen LogP contribution in [0.1, 0.15) is 52.1 Å². The summed E-state index contributed by atoms with van der Waals surface area (Å²) in [6, 6.07) is 0.172. The molecule has 19 heavy (non-hydrogen) atoms. The Bertz CT molecular complexity index is 450. The predicted octanol–water partition coefficient (Wildman–Crippen LogP) is 2.90. The van der Waals surface area contributed by atoms with Gasteiger partial charge < -0.3 is 11.1 Å². The molecule has 2 atom stereocenters. The molecule has 0 aromatic carbocycles. The van der Waals surface area contributed by atoms with Crippen LogP contribution in [0.25, 0.3) is 0 Å². The zero-order chi connectivity index (χ0) is 14.0. The lowest BCUT2D eigenvalue weighted by Gasteiger charge is -2.25. The van der Waals surface area contributed by atoms with Gasteiger partial charge in [0.25, 0.3) is 0 Å². The summed E-state index contributed by atoms with van der Waals surface area (Å²) in [7, 11) is 0. The number of rotatable bonds is 2. The third kappa shape index (κ3) is 3.76. The third-order valence-electron chi connectivity index (χ3n) is 3.59. The van der Waals surface area contributed by atoms with E-state index in [1.165, 1.54) is 11.3 Å². The number of aromatic nitrogens is 1. The molecule has 0 saturated heterocycles. The number of anilines is 1. The van der Waals surface area contributed by atoms with E-state index in [9.17, 15) is 4.79 Å². The number of hydrogen-bond donors (Lipinski definition) is 2. The summed E-state index contributed by atoms with van der Waals surface area (Å²) in [4.78, 5) is 16.7. The molecular formula is C14H23N3OS. The van der Waals surface area contributed by atoms with Crippen molar-refractivity contribution in [2.45, 2.75) is 57.9 Å². The van der Waals surface area contributed by atoms with E-state index in [4.69, 9.17) is 5.73 Å². The molecule has 1 aliphatic carbocycles. The summed E-state index contributed by atoms with van der Waals surface area (Å²) in [5.74, 6) is 0.121. The highest BCUT2D eigenvalue weighted by Gasteiger charge is 2.26. The van der Waals surface area contributed by atoms with Crippen LogP contribution in [0.5, 0.6) is 0 Å². The van der Waals surface area contributed by atoms with Crippen molar-refractivity contribution in [2.75, 3.05) is 5.32 Å². The molecule has 0 bridgehead atoms. The average Bonchev–Trinajstić information content (AvgIpc) is 2.77. The number of nitrogens with two attached hydrogens (primary N) is 1. The summed E-state index contributed by atoms with van der Waals surface area (Å²) in [6.07, 6.45) is 3.82. The maximum Gasteiger partial charge on any atom is 0.229 e. The summed E-state index contributed by atoms with van der Waals surface area (Å²) in [6.45, 7) is 6.36. The normalized spacial score (nSPS) is 24.2. The summed E-state index contributed by atoms with van der Waals surface area (Å²) in [5.41, 5.74) is 6.97. The lowest BCUT2D eigenvalue weighted by atomic mass is 9.85. The second kappa shape index (κ2) is 5.59. The second-order valence-electron chi connectivity index (χ2n) is 6.40. The molecular weight excluding hydrogens is 258 g/mol. The Kier molecular flexibility index (Phi) is 4.26. The van der Waals surface area contributed by atoms with Gasteiger partial charge in [0, 0.05) is 22.8 Å². The predicted molar refractivity (Wildman–Crippen MR) is 79.4 cm³/mol. The van der Waals surface area contributed by atoms with Gasteiger partial charge in [-0.1, -0.05) is 27.2 Å². The molecule has 2 rings (SSSR count). The van der Waals surface area contributed by atoms with Gasteiger partial charge in [-0.05, 0) is 19.3 Å². The van der Waals surface area contributed by atoms with Gasteiger partial charge in [0.05, 0.1) is 5.69 Å². The van der Waals surface area contributed by atoms with Crippen LogP contribution in [0.4, 0.5) is 5.13 Å². The highest BCUT2D eigenvalue weighted by molar-refractivity contribution is 7.13. The topological polar surface area (TPSA) is 68.0 Å². The second-order valence-corrected chi connectivity index (χ2v) is 7.26. The van der Waals surface area contributed by atoms with Crippen LogP contribution < -0.4 is 11.1 Å². The van der Waals surface area contributed by atoms with Gasteiger partial charge in [0.15, 0.2) is 5.13 Å². The molecule has 0 radical (unpaired) electrons. The van der Waals surface area contributed by atoms with Crippen molar-refractivity contribution in [1.82, 2.24) is 4.98 Å². The smallest absolute Gasteiger partial charge is 0.229 e. The van der Waals surface area contributed by atoms with Gasteiger partial charge in [-0.25, -0.2) is 4.98 Å². The Hall–Kier alpha value is -0.940. The van der Waals surface area contributed by atoms with Gasteiger partial charge in [-0.15, -0.1) is 11.3 Å². The maximum absolute atomic E-state index is 12.2. The van der Waals surface area contributed by atoms with Gasteiger partial charge >= 0.3 is 0 Å². The van der Waals surface area contributed by atoms with E-state index in [2.05, 4.69) is 31.1 Å². The number of nitrogens with zero attached hydrogens (tertiary/aromatic N) is 1. The Morgan fingerprint density at radius 2 is 2.21 bits per heavy atom. The first-order valence-electron chi connectivity index (χ1n) is 6.88. The maximum atomic E-state index is 12.2. The summed E-state index contributed by atoms with van der Waals surface area (Å²) < 4.78 is 0. The molecule has 2 unspecified atom stereocenters. The molecule has 1 fully saturated rings. The average molecular weight is 281 g/mol. The van der Waals surface area contributed by atoms with Gasteiger partial charge in [0.1, 0.15) is 0 Å². The van der Waals surface area contributed by atoms with Crippen LogP contribution in [-0.4, -0.2) is 16.9 Å². The Morgan fingerprint density at radius 3 is 2.79 bits per heavy atom. The number of nitrogens with one attached hydrogen (secondary N) is 1. The molecule has 5 heteroatoms. The number of carbonyl (C=O) groups is 1. The highest BCUT2D eigenvalue weighted by atomic mass is 32.1. The standard InChI is InChI=1S/C14H23N3OS/c1-14(2,3)11-8-19-13(16-11)17-12(18)9-5-4-6-10(15)7-9/h8-10H,4-7,15H2,1-3H3,(H,16,17,18). The quantitative estimate of drug-likeness (QED) is 0.876. The van der Waals surface area contributed by atoms with Crippen LogP contribution in [0.15, 0.2) is 5.38 Å². The monoisotopic (exact) mass is 281 g/mol. The Balaban J connectivity index is 1.97. The van der Waals surface area contributed by atoms with Crippen molar-refractivity contribution in [3.63, 3.8) is 0 Å². The number of thiazole rings is 1. The first-order valence-corrected chi connectivity index (χ1v) is 7.76. The zero-order valence-corrected chi connectivity index (χ0v) is 12.7. The van der Waals surface area contributed by atoms with Crippen molar-refractivity contribution in [3.8, 4) is 0 Å². The minimum atomic E-state index is 0.0205. The van der Waals surface area contributed by atoms with E-state index in [0.717, 1.165) is 31.4 Å². The minimum Gasteiger partial charge on any atom is -0.328 e. The number of amides is 1. The van der Waals surface area contributed by atoms with Crippen molar-refractivity contribution in [1.29, 1.82) is 0 Å². The molecule has 0 spiro atoms. The van der Waals surface area contributed by atoms with Crippen LogP contribution in [0.3, 0.4) is 0 Å². The summed E-state index contributed by atoms with van der Waals surface area (Å²) in [5, 5.41) is 5.66. The molecule has 106 valence electrons. The van der Waals surface area contributed by atoms with Crippen molar-refractivity contribution in [2.24, 2.45) is 11.7 Å². The molecule has 1 aliphatic rings. The summed E-state index contributed by atoms with van der Waals surface area (Å²) >= 11 is 1.50. The van der Waals surface area contributed by atoms with E-state index in [-0.39, 0.29) is 23.3 Å². The molecule has 1 aromatic heterocycles. The van der Waals surface area contributed by atoms with E-state index < -0.39 is 0 Å². The molecule has 0 aliphatic heterocycles. The van der Waals surface area contributed by atoms with Crippen LogP contribution in [-0.2, 0) is 10.2 Å². The first kappa shape index (κ1) is 14.5. The molecule has 1 amide bonds. The Morgan fingerprint density at radius 1 is 1.47 bits per heavy atom. The van der Waals surface area contributed by atoms with Crippen molar-refractivity contribution >= 4 is 22.4 Å². The zero-order valence-electron chi connectivity index (χ0n) is 11.9. The SMILES string of the molecule is CC(C)(C)c1csc(NC(=O)C2CCCC(N)C2)n1. The third-order valence-corrected chi connectivity index (χ3v) is 4.35. The van der Waals surface area contributed by atoms with E-state index in [1.807, 2.05) is 5.38 Å². The van der Waals surface area contributed by atoms with Crippen LogP contribution in [0, 0.1) is 5.92 Å². The van der Waals surface area contributed by atoms with E-state index >= 15 is 0 Å².